The number of hydrogen-bond donors (Lipinski definition) is 2. The lowest BCUT2D eigenvalue weighted by atomic mass is 10.0. The van der Waals surface area contributed by atoms with Crippen molar-refractivity contribution < 1.29 is 18.7 Å². The molecule has 1 atom stereocenters. The standard InChI is InChI=1S/C22H27FN2O3/c1-16(26)25-21(15-28-2)22(27)11-10-17-6-8-18(9-7-17)13-24-14-19-4-3-5-20(23)12-19/h3-9,12,21,24H,10-11,13-15H2,1-2H3,(H,25,26)/t21-/m1/s1. The van der Waals surface area contributed by atoms with Crippen molar-refractivity contribution in [2.75, 3.05) is 13.7 Å². The number of amides is 1. The van der Waals surface area contributed by atoms with Gasteiger partial charge in [-0.2, -0.15) is 0 Å². The second kappa shape index (κ2) is 11.3. The maximum Gasteiger partial charge on any atom is 0.217 e. The Labute approximate surface area is 165 Å². The molecular weight excluding hydrogens is 359 g/mol. The highest BCUT2D eigenvalue weighted by Gasteiger charge is 2.18. The number of rotatable bonds is 11. The summed E-state index contributed by atoms with van der Waals surface area (Å²) in [5.74, 6) is -0.521. The molecule has 0 heterocycles. The molecule has 150 valence electrons. The van der Waals surface area contributed by atoms with Crippen LogP contribution in [-0.4, -0.2) is 31.4 Å². The molecule has 0 spiro atoms. The lowest BCUT2D eigenvalue weighted by Crippen LogP contribution is -2.43. The maximum atomic E-state index is 13.2. The largest absolute Gasteiger partial charge is 0.382 e. The molecule has 0 aliphatic heterocycles. The Kier molecular flexibility index (Phi) is 8.78. The molecule has 0 radical (unpaired) electrons. The summed E-state index contributed by atoms with van der Waals surface area (Å²) in [6.45, 7) is 2.83. The van der Waals surface area contributed by atoms with Gasteiger partial charge in [-0.1, -0.05) is 36.4 Å². The van der Waals surface area contributed by atoms with E-state index in [0.717, 1.165) is 16.7 Å². The van der Waals surface area contributed by atoms with Crippen molar-refractivity contribution in [3.8, 4) is 0 Å². The fourth-order valence-corrected chi connectivity index (χ4v) is 2.89. The number of halogens is 1. The van der Waals surface area contributed by atoms with Crippen molar-refractivity contribution in [3.63, 3.8) is 0 Å². The van der Waals surface area contributed by atoms with Crippen LogP contribution in [0.3, 0.4) is 0 Å². The normalized spacial score (nSPS) is 11.8. The summed E-state index contributed by atoms with van der Waals surface area (Å²) in [6.07, 6.45) is 0.946. The molecule has 5 nitrogen and oxygen atoms in total. The van der Waals surface area contributed by atoms with Gasteiger partial charge in [0, 0.05) is 33.5 Å². The van der Waals surface area contributed by atoms with Crippen molar-refractivity contribution in [2.24, 2.45) is 0 Å². The Hall–Kier alpha value is -2.57. The van der Waals surface area contributed by atoms with Crippen LogP contribution in [0.5, 0.6) is 0 Å². The molecule has 2 rings (SSSR count). The molecule has 0 aliphatic rings. The van der Waals surface area contributed by atoms with Gasteiger partial charge in [0.05, 0.1) is 6.61 Å². The van der Waals surface area contributed by atoms with Gasteiger partial charge in [0.15, 0.2) is 5.78 Å². The predicted molar refractivity (Wildman–Crippen MR) is 106 cm³/mol. The van der Waals surface area contributed by atoms with Crippen molar-refractivity contribution in [2.45, 2.75) is 38.9 Å². The minimum atomic E-state index is -0.603. The molecule has 2 N–H and O–H groups in total. The fraction of sp³-hybridized carbons (Fsp3) is 0.364. The molecule has 0 unspecified atom stereocenters. The summed E-state index contributed by atoms with van der Waals surface area (Å²) >= 11 is 0. The number of ketones is 1. The fourth-order valence-electron chi connectivity index (χ4n) is 2.89. The summed E-state index contributed by atoms with van der Waals surface area (Å²) < 4.78 is 18.2. The Bertz CT molecular complexity index is 778. The Balaban J connectivity index is 1.78. The molecule has 1 amide bonds. The van der Waals surface area contributed by atoms with Crippen LogP contribution in [0.4, 0.5) is 4.39 Å². The molecule has 0 saturated heterocycles. The van der Waals surface area contributed by atoms with Gasteiger partial charge in [-0.05, 0) is 35.2 Å². The molecule has 0 bridgehead atoms. The second-order valence-corrected chi connectivity index (χ2v) is 6.72. The average molecular weight is 386 g/mol. The zero-order valence-electron chi connectivity index (χ0n) is 16.3. The van der Waals surface area contributed by atoms with E-state index in [9.17, 15) is 14.0 Å². The second-order valence-electron chi connectivity index (χ2n) is 6.72. The number of ether oxygens (including phenoxy) is 1. The minimum absolute atomic E-state index is 0.0436. The lowest BCUT2D eigenvalue weighted by molar-refractivity contribution is -0.128. The number of benzene rings is 2. The molecule has 0 saturated carbocycles. The van der Waals surface area contributed by atoms with Gasteiger partial charge in [0.25, 0.3) is 0 Å². The van der Waals surface area contributed by atoms with Crippen molar-refractivity contribution in [1.29, 1.82) is 0 Å². The summed E-state index contributed by atoms with van der Waals surface area (Å²) in [5, 5.41) is 5.91. The number of hydrogen-bond acceptors (Lipinski definition) is 4. The van der Waals surface area contributed by atoms with E-state index in [1.807, 2.05) is 30.3 Å². The van der Waals surface area contributed by atoms with E-state index in [1.165, 1.54) is 26.2 Å². The summed E-state index contributed by atoms with van der Waals surface area (Å²) in [6, 6.07) is 13.9. The molecule has 2 aromatic carbocycles. The molecule has 6 heteroatoms. The van der Waals surface area contributed by atoms with Crippen molar-refractivity contribution >= 4 is 11.7 Å². The van der Waals surface area contributed by atoms with Crippen LogP contribution >= 0.6 is 0 Å². The van der Waals surface area contributed by atoms with Crippen LogP contribution < -0.4 is 10.6 Å². The number of carbonyl (C=O) groups excluding carboxylic acids is 2. The molecule has 0 aromatic heterocycles. The number of methoxy groups -OCH3 is 1. The van der Waals surface area contributed by atoms with Crippen LogP contribution in [-0.2, 0) is 33.8 Å². The third kappa shape index (κ3) is 7.58. The zero-order chi connectivity index (χ0) is 20.4. The molecule has 2 aromatic rings. The molecule has 28 heavy (non-hydrogen) atoms. The van der Waals surface area contributed by atoms with Crippen LogP contribution in [0, 0.1) is 5.82 Å². The van der Waals surface area contributed by atoms with E-state index < -0.39 is 6.04 Å². The molecule has 0 fully saturated rings. The molecular formula is C22H27FN2O3. The third-order valence-corrected chi connectivity index (χ3v) is 4.33. The summed E-state index contributed by atoms with van der Waals surface area (Å²) in [4.78, 5) is 23.5. The molecule has 0 aliphatic carbocycles. The maximum absolute atomic E-state index is 13.2. The predicted octanol–water partition coefficient (Wildman–Crippen LogP) is 2.77. The van der Waals surface area contributed by atoms with Gasteiger partial charge in [-0.25, -0.2) is 4.39 Å². The average Bonchev–Trinajstić information content (AvgIpc) is 2.66. The smallest absolute Gasteiger partial charge is 0.217 e. The highest BCUT2D eigenvalue weighted by Crippen LogP contribution is 2.09. The van der Waals surface area contributed by atoms with E-state index in [-0.39, 0.29) is 24.1 Å². The monoisotopic (exact) mass is 386 g/mol. The quantitative estimate of drug-likeness (QED) is 0.623. The van der Waals surface area contributed by atoms with Gasteiger partial charge < -0.3 is 15.4 Å². The van der Waals surface area contributed by atoms with Crippen molar-refractivity contribution in [3.05, 3.63) is 71.0 Å². The van der Waals surface area contributed by atoms with Gasteiger partial charge in [-0.3, -0.25) is 9.59 Å². The first kappa shape index (κ1) is 21.7. The first-order chi connectivity index (χ1) is 13.5. The Morgan fingerprint density at radius 3 is 2.36 bits per heavy atom. The number of Topliss-reactive ketones (excluding diaryl/α,β-unsaturated/α-hetero) is 1. The van der Waals surface area contributed by atoms with Crippen LogP contribution in [0.1, 0.15) is 30.0 Å². The zero-order valence-corrected chi connectivity index (χ0v) is 16.3. The van der Waals surface area contributed by atoms with Crippen LogP contribution in [0.25, 0.3) is 0 Å². The highest BCUT2D eigenvalue weighted by atomic mass is 19.1. The third-order valence-electron chi connectivity index (χ3n) is 4.33. The van der Waals surface area contributed by atoms with Gasteiger partial charge in [0.2, 0.25) is 5.91 Å². The summed E-state index contributed by atoms with van der Waals surface area (Å²) in [7, 11) is 1.50. The van der Waals surface area contributed by atoms with Crippen LogP contribution in [0.15, 0.2) is 48.5 Å². The van der Waals surface area contributed by atoms with Gasteiger partial charge in [-0.15, -0.1) is 0 Å². The topological polar surface area (TPSA) is 67.4 Å². The Morgan fingerprint density at radius 1 is 1.04 bits per heavy atom. The van der Waals surface area contributed by atoms with E-state index in [1.54, 1.807) is 6.07 Å². The lowest BCUT2D eigenvalue weighted by Gasteiger charge is -2.15. The number of aryl methyl sites for hydroxylation is 1. The van der Waals surface area contributed by atoms with Crippen LogP contribution in [0.2, 0.25) is 0 Å². The number of nitrogens with one attached hydrogen (secondary N) is 2. The van der Waals surface area contributed by atoms with E-state index >= 15 is 0 Å². The SMILES string of the molecule is COC[C@@H](NC(C)=O)C(=O)CCc1ccc(CNCc2cccc(F)c2)cc1. The number of carbonyl (C=O) groups is 2. The Morgan fingerprint density at radius 2 is 1.71 bits per heavy atom. The minimum Gasteiger partial charge on any atom is -0.382 e. The van der Waals surface area contributed by atoms with Gasteiger partial charge >= 0.3 is 0 Å². The van der Waals surface area contributed by atoms with E-state index in [2.05, 4.69) is 10.6 Å². The summed E-state index contributed by atoms with van der Waals surface area (Å²) in [5.41, 5.74) is 3.07. The first-order valence-electron chi connectivity index (χ1n) is 9.29. The van der Waals surface area contributed by atoms with E-state index in [4.69, 9.17) is 4.74 Å². The van der Waals surface area contributed by atoms with E-state index in [0.29, 0.717) is 25.9 Å². The first-order valence-corrected chi connectivity index (χ1v) is 9.29. The van der Waals surface area contributed by atoms with Crippen molar-refractivity contribution in [1.82, 2.24) is 10.6 Å². The highest BCUT2D eigenvalue weighted by molar-refractivity contribution is 5.88. The van der Waals surface area contributed by atoms with Gasteiger partial charge in [0.1, 0.15) is 11.9 Å².